The van der Waals surface area contributed by atoms with Gasteiger partial charge < -0.3 is 14.5 Å². The summed E-state index contributed by atoms with van der Waals surface area (Å²) in [5.41, 5.74) is 3.75. The molecule has 6 heteroatoms. The zero-order valence-electron chi connectivity index (χ0n) is 12.7. The number of hydrogen-bond acceptors (Lipinski definition) is 5. The van der Waals surface area contributed by atoms with E-state index in [1.807, 2.05) is 0 Å². The van der Waals surface area contributed by atoms with Crippen LogP contribution in [0.3, 0.4) is 0 Å². The Morgan fingerprint density at radius 2 is 2.19 bits per heavy atom. The van der Waals surface area contributed by atoms with Crippen LogP contribution in [0.4, 0.5) is 5.69 Å². The quantitative estimate of drug-likeness (QED) is 0.816. The van der Waals surface area contributed by atoms with E-state index in [1.165, 1.54) is 0 Å². The average molecular weight is 291 g/mol. The Morgan fingerprint density at radius 3 is 2.86 bits per heavy atom. The number of unbranched alkanes of at least 4 members (excludes halogenated alkanes) is 1. The van der Waals surface area contributed by atoms with Crippen LogP contribution in [0.25, 0.3) is 0 Å². The summed E-state index contributed by atoms with van der Waals surface area (Å²) in [6.45, 7) is 3.37. The maximum absolute atomic E-state index is 12.6. The molecule has 0 unspecified atom stereocenters. The third-order valence-corrected chi connectivity index (χ3v) is 3.33. The van der Waals surface area contributed by atoms with Gasteiger partial charge in [0, 0.05) is 25.9 Å². The molecule has 1 aliphatic rings. The fourth-order valence-corrected chi connectivity index (χ4v) is 2.21. The first-order valence-electron chi connectivity index (χ1n) is 7.08. The molecule has 0 saturated carbocycles. The van der Waals surface area contributed by atoms with E-state index in [2.05, 4.69) is 17.4 Å². The molecule has 6 nitrogen and oxygen atoms in total. The Morgan fingerprint density at radius 1 is 1.38 bits per heavy atom. The van der Waals surface area contributed by atoms with Gasteiger partial charge in [0.1, 0.15) is 0 Å². The SMILES string of the molecule is CCCCN1CC=Nc2cc(ONC)c(OC)cc2C1=O. The van der Waals surface area contributed by atoms with E-state index in [-0.39, 0.29) is 5.91 Å². The first kappa shape index (κ1) is 15.3. The number of rotatable bonds is 6. The number of aliphatic imine (C=N–C) groups is 1. The van der Waals surface area contributed by atoms with Crippen molar-refractivity contribution in [3.05, 3.63) is 17.7 Å². The molecule has 114 valence electrons. The molecule has 0 radical (unpaired) electrons. The number of hydrogen-bond donors (Lipinski definition) is 1. The number of amides is 1. The number of benzene rings is 1. The number of fused-ring (bicyclic) bond motifs is 1. The molecular weight excluding hydrogens is 270 g/mol. The first-order valence-corrected chi connectivity index (χ1v) is 7.08. The van der Waals surface area contributed by atoms with Crippen molar-refractivity contribution < 1.29 is 14.4 Å². The van der Waals surface area contributed by atoms with Crippen LogP contribution in [-0.4, -0.2) is 44.3 Å². The molecule has 0 fully saturated rings. The highest BCUT2D eigenvalue weighted by molar-refractivity contribution is 6.02. The molecule has 1 heterocycles. The molecule has 0 atom stereocenters. The van der Waals surface area contributed by atoms with Crippen molar-refractivity contribution in [1.82, 2.24) is 10.4 Å². The van der Waals surface area contributed by atoms with Crippen molar-refractivity contribution in [2.75, 3.05) is 27.2 Å². The van der Waals surface area contributed by atoms with Crippen molar-refractivity contribution >= 4 is 17.8 Å². The molecule has 0 bridgehead atoms. The van der Waals surface area contributed by atoms with Crippen LogP contribution < -0.4 is 15.1 Å². The smallest absolute Gasteiger partial charge is 0.256 e. The van der Waals surface area contributed by atoms with Crippen LogP contribution >= 0.6 is 0 Å². The molecule has 2 rings (SSSR count). The van der Waals surface area contributed by atoms with E-state index < -0.39 is 0 Å². The van der Waals surface area contributed by atoms with Gasteiger partial charge in [-0.15, -0.1) is 0 Å². The Hall–Kier alpha value is -2.08. The molecule has 0 aliphatic carbocycles. The number of ether oxygens (including phenoxy) is 1. The number of nitrogens with zero attached hydrogens (tertiary/aromatic N) is 2. The van der Waals surface area contributed by atoms with E-state index in [0.29, 0.717) is 29.3 Å². The lowest BCUT2D eigenvalue weighted by molar-refractivity contribution is 0.0781. The van der Waals surface area contributed by atoms with Crippen molar-refractivity contribution in [1.29, 1.82) is 0 Å². The molecule has 0 saturated heterocycles. The van der Waals surface area contributed by atoms with Crippen LogP contribution in [0.2, 0.25) is 0 Å². The largest absolute Gasteiger partial charge is 0.493 e. The van der Waals surface area contributed by atoms with Gasteiger partial charge in [-0.1, -0.05) is 13.3 Å². The molecular formula is C15H21N3O3. The van der Waals surface area contributed by atoms with Gasteiger partial charge in [-0.05, 0) is 12.5 Å². The van der Waals surface area contributed by atoms with Crippen LogP contribution in [0.15, 0.2) is 17.1 Å². The number of carbonyl (C=O) groups excluding carboxylic acids is 1. The highest BCUT2D eigenvalue weighted by Crippen LogP contribution is 2.36. The second-order valence-electron chi connectivity index (χ2n) is 4.74. The molecule has 1 amide bonds. The number of hydroxylamine groups is 1. The Labute approximate surface area is 124 Å². The van der Waals surface area contributed by atoms with Gasteiger partial charge in [0.15, 0.2) is 11.5 Å². The summed E-state index contributed by atoms with van der Waals surface area (Å²) in [4.78, 5) is 24.1. The highest BCUT2D eigenvalue weighted by atomic mass is 16.7. The van der Waals surface area contributed by atoms with Crippen LogP contribution in [-0.2, 0) is 0 Å². The van der Waals surface area contributed by atoms with Crippen molar-refractivity contribution in [2.45, 2.75) is 19.8 Å². The second kappa shape index (κ2) is 7.08. The molecule has 1 aromatic rings. The summed E-state index contributed by atoms with van der Waals surface area (Å²) < 4.78 is 5.28. The predicted molar refractivity (Wildman–Crippen MR) is 81.6 cm³/mol. The van der Waals surface area contributed by atoms with Gasteiger partial charge in [-0.25, -0.2) is 0 Å². The molecule has 0 spiro atoms. The Balaban J connectivity index is 2.37. The van der Waals surface area contributed by atoms with Crippen molar-refractivity contribution in [3.8, 4) is 11.5 Å². The third kappa shape index (κ3) is 3.33. The minimum atomic E-state index is -0.0229. The monoisotopic (exact) mass is 291 g/mol. The van der Waals surface area contributed by atoms with E-state index in [4.69, 9.17) is 9.57 Å². The number of methoxy groups -OCH3 is 1. The molecule has 1 N–H and O–H groups in total. The van der Waals surface area contributed by atoms with E-state index in [9.17, 15) is 4.79 Å². The van der Waals surface area contributed by atoms with Gasteiger partial charge >= 0.3 is 0 Å². The minimum absolute atomic E-state index is 0.0229. The van der Waals surface area contributed by atoms with Crippen molar-refractivity contribution in [2.24, 2.45) is 4.99 Å². The maximum atomic E-state index is 12.6. The van der Waals surface area contributed by atoms with Gasteiger partial charge in [0.05, 0.1) is 24.9 Å². The number of nitrogens with one attached hydrogen (secondary N) is 1. The summed E-state index contributed by atoms with van der Waals surface area (Å²) in [6, 6.07) is 3.40. The van der Waals surface area contributed by atoms with Crippen LogP contribution in [0, 0.1) is 0 Å². The average Bonchev–Trinajstić information content (AvgIpc) is 2.64. The fraction of sp³-hybridized carbons (Fsp3) is 0.467. The van der Waals surface area contributed by atoms with E-state index in [1.54, 1.807) is 37.4 Å². The number of carbonyl (C=O) groups is 1. The summed E-state index contributed by atoms with van der Waals surface area (Å²) in [7, 11) is 3.20. The Kier molecular flexibility index (Phi) is 5.16. The lowest BCUT2D eigenvalue weighted by Gasteiger charge is -2.20. The Bertz CT molecular complexity index is 543. The van der Waals surface area contributed by atoms with E-state index >= 15 is 0 Å². The summed E-state index contributed by atoms with van der Waals surface area (Å²) >= 11 is 0. The lowest BCUT2D eigenvalue weighted by atomic mass is 10.1. The third-order valence-electron chi connectivity index (χ3n) is 3.33. The first-order chi connectivity index (χ1) is 10.2. The maximum Gasteiger partial charge on any atom is 0.256 e. The molecule has 21 heavy (non-hydrogen) atoms. The van der Waals surface area contributed by atoms with Gasteiger partial charge in [-0.3, -0.25) is 9.79 Å². The van der Waals surface area contributed by atoms with Crippen LogP contribution in [0.5, 0.6) is 11.5 Å². The standard InChI is InChI=1S/C15H21N3O3/c1-4-5-7-18-8-6-17-12-10-14(21-16-2)13(20-3)9-11(12)15(18)19/h6,9-10,16H,4-5,7-8H2,1-3H3. The van der Waals surface area contributed by atoms with E-state index in [0.717, 1.165) is 19.4 Å². The topological polar surface area (TPSA) is 63.2 Å². The normalized spacial score (nSPS) is 13.9. The highest BCUT2D eigenvalue weighted by Gasteiger charge is 2.23. The second-order valence-corrected chi connectivity index (χ2v) is 4.74. The summed E-state index contributed by atoms with van der Waals surface area (Å²) in [5, 5.41) is 0. The molecule has 1 aromatic carbocycles. The lowest BCUT2D eigenvalue weighted by Crippen LogP contribution is -2.32. The van der Waals surface area contributed by atoms with Crippen LogP contribution in [0.1, 0.15) is 30.1 Å². The van der Waals surface area contributed by atoms with Crippen molar-refractivity contribution in [3.63, 3.8) is 0 Å². The molecule has 0 aromatic heterocycles. The zero-order chi connectivity index (χ0) is 15.2. The zero-order valence-corrected chi connectivity index (χ0v) is 12.7. The minimum Gasteiger partial charge on any atom is -0.493 e. The summed E-state index contributed by atoms with van der Waals surface area (Å²) in [5.74, 6) is 0.986. The van der Waals surface area contributed by atoms with Gasteiger partial charge in [0.2, 0.25) is 0 Å². The predicted octanol–water partition coefficient (Wildman–Crippen LogP) is 2.17. The van der Waals surface area contributed by atoms with Gasteiger partial charge in [0.25, 0.3) is 5.91 Å². The molecule has 1 aliphatic heterocycles. The fourth-order valence-electron chi connectivity index (χ4n) is 2.21. The summed E-state index contributed by atoms with van der Waals surface area (Å²) in [6.07, 6.45) is 3.79. The van der Waals surface area contributed by atoms with Gasteiger partial charge in [-0.2, -0.15) is 5.48 Å².